The van der Waals surface area contributed by atoms with E-state index in [0.717, 1.165) is 17.4 Å². The molecule has 1 unspecified atom stereocenters. The number of hydrogen-bond donors (Lipinski definition) is 1. The Bertz CT molecular complexity index is 135. The molecule has 0 rings (SSSR count). The lowest BCUT2D eigenvalue weighted by molar-refractivity contribution is -0.873. The summed E-state index contributed by atoms with van der Waals surface area (Å²) in [5, 5.41) is 8.92. The summed E-state index contributed by atoms with van der Waals surface area (Å²) in [7, 11) is 6.45. The molecular formula is C9H20NO+. The molecule has 0 saturated heterocycles. The molecule has 0 heterocycles. The van der Waals surface area contributed by atoms with Crippen LogP contribution in [-0.4, -0.2) is 37.3 Å². The predicted octanol–water partition coefficient (Wildman–Crippen LogP) is 1.79. The summed E-state index contributed by atoms with van der Waals surface area (Å²) in [6, 6.07) is 0. The average Bonchev–Trinajstić information content (AvgIpc) is 1.53. The van der Waals surface area contributed by atoms with Gasteiger partial charge in [-0.05, 0) is 0 Å². The third-order valence-corrected chi connectivity index (χ3v) is 1.44. The van der Waals surface area contributed by atoms with Crippen molar-refractivity contribution >= 4 is 0 Å². The second kappa shape index (κ2) is 3.77. The molecule has 2 heteroatoms. The zero-order valence-electron chi connectivity index (χ0n) is 8.09. The summed E-state index contributed by atoms with van der Waals surface area (Å²) >= 11 is 0. The van der Waals surface area contributed by atoms with Crippen molar-refractivity contribution in [3.63, 3.8) is 0 Å². The van der Waals surface area contributed by atoms with Crippen LogP contribution >= 0.6 is 0 Å². The maximum Gasteiger partial charge on any atom is 0.0856 e. The number of quaternary nitrogens is 1. The van der Waals surface area contributed by atoms with Gasteiger partial charge in [-0.2, -0.15) is 0 Å². The highest BCUT2D eigenvalue weighted by Crippen LogP contribution is 2.10. The quantitative estimate of drug-likeness (QED) is 0.488. The predicted molar refractivity (Wildman–Crippen MR) is 48.4 cm³/mol. The molecule has 0 bridgehead atoms. The molecule has 0 fully saturated rings. The molecule has 0 amide bonds. The molecular weight excluding hydrogens is 138 g/mol. The minimum absolute atomic E-state index is 0.297. The molecule has 0 aliphatic heterocycles. The number of aliphatic hydroxyl groups excluding tert-OH is 1. The largest absolute Gasteiger partial charge is 0.513 e. The van der Waals surface area contributed by atoms with Gasteiger partial charge in [0.1, 0.15) is 0 Å². The van der Waals surface area contributed by atoms with Crippen LogP contribution in [0.25, 0.3) is 0 Å². The Kier molecular flexibility index (Phi) is 3.59. The van der Waals surface area contributed by atoms with Gasteiger partial charge >= 0.3 is 0 Å². The standard InChI is InChI=1S/C9H19NO/c1-8(6-9(2)11)7-10(3,4)5/h8H,2,6-7H2,1,3-5H3/p+1. The first-order chi connectivity index (χ1) is 4.81. The zero-order valence-corrected chi connectivity index (χ0v) is 8.09. The van der Waals surface area contributed by atoms with Crippen LogP contribution in [0.4, 0.5) is 0 Å². The van der Waals surface area contributed by atoms with E-state index in [1.54, 1.807) is 0 Å². The number of aliphatic hydroxyl groups is 1. The van der Waals surface area contributed by atoms with Crippen LogP contribution in [0, 0.1) is 5.92 Å². The molecule has 66 valence electrons. The van der Waals surface area contributed by atoms with Gasteiger partial charge < -0.3 is 9.59 Å². The van der Waals surface area contributed by atoms with Crippen LogP contribution in [0.1, 0.15) is 13.3 Å². The summed E-state index contributed by atoms with van der Waals surface area (Å²) in [4.78, 5) is 0. The molecule has 0 aliphatic carbocycles. The van der Waals surface area contributed by atoms with E-state index in [0.29, 0.717) is 11.7 Å². The van der Waals surface area contributed by atoms with Crippen LogP contribution < -0.4 is 0 Å². The van der Waals surface area contributed by atoms with Gasteiger partial charge in [-0.25, -0.2) is 0 Å². The summed E-state index contributed by atoms with van der Waals surface area (Å²) < 4.78 is 0.939. The molecule has 0 aliphatic rings. The fourth-order valence-electron chi connectivity index (χ4n) is 1.40. The third kappa shape index (κ3) is 7.40. The first-order valence-corrected chi connectivity index (χ1v) is 3.98. The summed E-state index contributed by atoms with van der Waals surface area (Å²) in [5.41, 5.74) is 0. The molecule has 0 spiro atoms. The van der Waals surface area contributed by atoms with E-state index >= 15 is 0 Å². The Balaban J connectivity index is 3.69. The van der Waals surface area contributed by atoms with Gasteiger partial charge in [0.15, 0.2) is 0 Å². The molecule has 0 radical (unpaired) electrons. The summed E-state index contributed by atoms with van der Waals surface area (Å²) in [5.74, 6) is 0.804. The van der Waals surface area contributed by atoms with E-state index in [9.17, 15) is 0 Å². The van der Waals surface area contributed by atoms with E-state index in [2.05, 4.69) is 34.6 Å². The summed E-state index contributed by atoms with van der Waals surface area (Å²) in [6.45, 7) is 6.67. The third-order valence-electron chi connectivity index (χ3n) is 1.44. The van der Waals surface area contributed by atoms with Gasteiger partial charge in [-0.1, -0.05) is 13.5 Å². The Morgan fingerprint density at radius 3 is 2.18 bits per heavy atom. The summed E-state index contributed by atoms with van der Waals surface area (Å²) in [6.07, 6.45) is 0.718. The van der Waals surface area contributed by atoms with Crippen molar-refractivity contribution < 1.29 is 9.59 Å². The van der Waals surface area contributed by atoms with Crippen LogP contribution in [0.15, 0.2) is 12.3 Å². The second-order valence-electron chi connectivity index (χ2n) is 4.35. The monoisotopic (exact) mass is 158 g/mol. The van der Waals surface area contributed by atoms with Crippen molar-refractivity contribution in [2.75, 3.05) is 27.7 Å². The van der Waals surface area contributed by atoms with Gasteiger partial charge in [-0.15, -0.1) is 0 Å². The first kappa shape index (κ1) is 10.5. The second-order valence-corrected chi connectivity index (χ2v) is 4.35. The van der Waals surface area contributed by atoms with Crippen molar-refractivity contribution in [3.8, 4) is 0 Å². The Hall–Kier alpha value is -0.500. The first-order valence-electron chi connectivity index (χ1n) is 3.98. The van der Waals surface area contributed by atoms with Gasteiger partial charge in [0.25, 0.3) is 0 Å². The van der Waals surface area contributed by atoms with E-state index in [1.807, 2.05) is 0 Å². The topological polar surface area (TPSA) is 20.2 Å². The van der Waals surface area contributed by atoms with Crippen molar-refractivity contribution in [2.24, 2.45) is 5.92 Å². The molecule has 0 aromatic rings. The number of nitrogens with zero attached hydrogens (tertiary/aromatic N) is 1. The normalized spacial score (nSPS) is 14.5. The van der Waals surface area contributed by atoms with E-state index in [-0.39, 0.29) is 0 Å². The molecule has 0 aromatic heterocycles. The van der Waals surface area contributed by atoms with Gasteiger partial charge in [-0.3, -0.25) is 0 Å². The van der Waals surface area contributed by atoms with Crippen molar-refractivity contribution in [1.82, 2.24) is 0 Å². The average molecular weight is 158 g/mol. The number of rotatable bonds is 4. The lowest BCUT2D eigenvalue weighted by atomic mass is 10.1. The molecule has 11 heavy (non-hydrogen) atoms. The van der Waals surface area contributed by atoms with E-state index in [1.165, 1.54) is 0 Å². The Morgan fingerprint density at radius 1 is 1.45 bits per heavy atom. The molecule has 1 atom stereocenters. The van der Waals surface area contributed by atoms with Crippen LogP contribution in [0.2, 0.25) is 0 Å². The highest BCUT2D eigenvalue weighted by atomic mass is 16.3. The number of hydrogen-bond acceptors (Lipinski definition) is 1. The maximum absolute atomic E-state index is 8.92. The zero-order chi connectivity index (χ0) is 9.07. The van der Waals surface area contributed by atoms with Gasteiger partial charge in [0.2, 0.25) is 0 Å². The lowest BCUT2D eigenvalue weighted by Crippen LogP contribution is -2.38. The van der Waals surface area contributed by atoms with E-state index < -0.39 is 0 Å². The van der Waals surface area contributed by atoms with Crippen LogP contribution in [0.5, 0.6) is 0 Å². The molecule has 0 saturated carbocycles. The fourth-order valence-corrected chi connectivity index (χ4v) is 1.40. The molecule has 0 aromatic carbocycles. The molecule has 2 nitrogen and oxygen atoms in total. The minimum Gasteiger partial charge on any atom is -0.513 e. The van der Waals surface area contributed by atoms with Crippen LogP contribution in [0.3, 0.4) is 0 Å². The highest BCUT2D eigenvalue weighted by molar-refractivity contribution is 4.80. The fraction of sp³-hybridized carbons (Fsp3) is 0.778. The van der Waals surface area contributed by atoms with Gasteiger partial charge in [0, 0.05) is 12.3 Å². The highest BCUT2D eigenvalue weighted by Gasteiger charge is 2.13. The van der Waals surface area contributed by atoms with Crippen molar-refractivity contribution in [2.45, 2.75) is 13.3 Å². The van der Waals surface area contributed by atoms with Crippen molar-refractivity contribution in [1.29, 1.82) is 0 Å². The number of allylic oxidation sites excluding steroid dienone is 1. The maximum atomic E-state index is 8.92. The minimum atomic E-state index is 0.297. The van der Waals surface area contributed by atoms with Crippen molar-refractivity contribution in [3.05, 3.63) is 12.3 Å². The molecule has 1 N–H and O–H groups in total. The SMILES string of the molecule is C=C(O)CC(C)C[N+](C)(C)C. The smallest absolute Gasteiger partial charge is 0.0856 e. The lowest BCUT2D eigenvalue weighted by Gasteiger charge is -2.27. The van der Waals surface area contributed by atoms with Crippen LogP contribution in [-0.2, 0) is 0 Å². The Morgan fingerprint density at radius 2 is 1.91 bits per heavy atom. The van der Waals surface area contributed by atoms with Gasteiger partial charge in [0.05, 0.1) is 33.4 Å². The van der Waals surface area contributed by atoms with E-state index in [4.69, 9.17) is 5.11 Å². The Labute approximate surface area is 69.7 Å².